The van der Waals surface area contributed by atoms with Gasteiger partial charge in [-0.15, -0.1) is 41.3 Å². The summed E-state index contributed by atoms with van der Waals surface area (Å²) in [4.78, 5) is 18.1. The van der Waals surface area contributed by atoms with Crippen molar-refractivity contribution in [1.82, 2.24) is 38.7 Å². The Morgan fingerprint density at radius 3 is 1.35 bits per heavy atom. The first-order chi connectivity index (χ1) is 63.1. The zero-order chi connectivity index (χ0) is 97.1. The van der Waals surface area contributed by atoms with Gasteiger partial charge in [-0.1, -0.05) is 258 Å². The van der Waals surface area contributed by atoms with Crippen LogP contribution in [0.5, 0.6) is 23.0 Å². The number of nitrogens with zero attached hydrogens (tertiary/aromatic N) is 9. The van der Waals surface area contributed by atoms with E-state index in [1.54, 1.807) is 24.5 Å². The fourth-order valence-corrected chi connectivity index (χ4v) is 15.7. The number of carbonyl (C=O) groups excluding carboxylic acids is 1. The smallest absolute Gasteiger partial charge is 2.00 e. The van der Waals surface area contributed by atoms with Gasteiger partial charge in [-0.2, -0.15) is 22.9 Å². The number of benzene rings is 11. The van der Waals surface area contributed by atoms with Crippen LogP contribution in [0, 0.1) is 51.0 Å². The minimum absolute atomic E-state index is 0. The molecule has 6 aromatic heterocycles. The predicted molar refractivity (Wildman–Crippen MR) is 525 cm³/mol. The van der Waals surface area contributed by atoms with Crippen LogP contribution in [-0.4, -0.2) is 45.4 Å². The average Bonchev–Trinajstić information content (AvgIpc) is 1.41. The monoisotopic (exact) mass is 2100 g/mol. The van der Waals surface area contributed by atoms with Crippen molar-refractivity contribution in [2.45, 2.75) is 185 Å². The van der Waals surface area contributed by atoms with E-state index in [2.05, 4.69) is 273 Å². The minimum atomic E-state index is -2.31. The molecule has 0 aliphatic carbocycles. The molecule has 658 valence electrons. The van der Waals surface area contributed by atoms with Crippen molar-refractivity contribution in [2.75, 3.05) is 0 Å². The number of hydrogen-bond acceptors (Lipinski definition) is 8. The molecule has 16 heteroatoms. The summed E-state index contributed by atoms with van der Waals surface area (Å²) in [5.74, 6) is 3.79. The Hall–Kier alpha value is -11.5. The topological polar surface area (TPSA) is 131 Å². The zero-order valence-electron chi connectivity index (χ0n) is 83.1. The second-order valence-electron chi connectivity index (χ2n) is 38.3. The van der Waals surface area contributed by atoms with Crippen LogP contribution in [0.25, 0.3) is 111 Å². The van der Waals surface area contributed by atoms with E-state index < -0.39 is 30.2 Å². The SMILES string of the molecule is N#Cc1ccccc1.[2H]C([2H])([2H])c1cc(C(C)(C)C)cc(C)c1-c1ccnc(-n2c3[c-]c(Oc4[c-]c(-n5cc(-c6ccc(C(C)(C)C)cc6)cn5)cc(C(C)(C)C)c4)ccc3c3ccccc32)c1.[2H]C([2H])([2H])c1cc(C(C)(C)C)cc(C)c1-c1ccnc(-n2c3ccccc3c3ccc(Oc4cc(-n5cc(-c6ccc(C(C)(C)C)cc6)cn5)cc(C(C)(C)C)c4)cc32)c1.[2H][C-]=O.[Cl][Pt][Cl].[Pt+2]. The first-order valence-electron chi connectivity index (χ1n) is 45.8. The number of ether oxygens (including phenoxy) is 2. The van der Waals surface area contributed by atoms with Gasteiger partial charge in [0.25, 0.3) is 0 Å². The molecule has 0 amide bonds. The van der Waals surface area contributed by atoms with E-state index in [0.29, 0.717) is 62.5 Å². The van der Waals surface area contributed by atoms with E-state index in [1.807, 2.05) is 151 Å². The van der Waals surface area contributed by atoms with Crippen LogP contribution in [0.1, 0.15) is 195 Å². The van der Waals surface area contributed by atoms with Crippen LogP contribution in [0.15, 0.2) is 274 Å². The van der Waals surface area contributed by atoms with Crippen LogP contribution < -0.4 is 9.47 Å². The normalized spacial score (nSPS) is 12.8. The van der Waals surface area contributed by atoms with Crippen LogP contribution in [0.3, 0.4) is 0 Å². The number of para-hydroxylation sites is 2. The zero-order valence-corrected chi connectivity index (χ0v) is 82.2. The summed E-state index contributed by atoms with van der Waals surface area (Å²) in [6.07, 6.45) is 11.4. The van der Waals surface area contributed by atoms with Crippen molar-refractivity contribution in [3.05, 3.63) is 347 Å². The van der Waals surface area contributed by atoms with Gasteiger partial charge in [0, 0.05) is 84.1 Å². The number of pyridine rings is 2. The molecule has 0 saturated carbocycles. The first-order valence-corrected chi connectivity index (χ1v) is 47.9. The molecule has 0 aliphatic rings. The molecular weight excluding hydrogens is 1980 g/mol. The van der Waals surface area contributed by atoms with Gasteiger partial charge in [0.15, 0.2) is 0 Å². The maximum atomic E-state index is 8.55. The third-order valence-electron chi connectivity index (χ3n) is 22.8. The molecule has 6 heterocycles. The van der Waals surface area contributed by atoms with Crippen LogP contribution >= 0.6 is 18.8 Å². The second-order valence-corrected chi connectivity index (χ2v) is 41.6. The second kappa shape index (κ2) is 39.2. The van der Waals surface area contributed by atoms with Crippen LogP contribution in [0.2, 0.25) is 0 Å². The van der Waals surface area contributed by atoms with Gasteiger partial charge in [0.05, 0.1) is 40.7 Å². The Balaban J connectivity index is 0.000000211. The Bertz CT molecular complexity index is 6780. The van der Waals surface area contributed by atoms with Crippen LogP contribution in [-0.2, 0) is 74.8 Å². The van der Waals surface area contributed by atoms with Crippen molar-refractivity contribution in [3.8, 4) is 96.6 Å². The predicted octanol–water partition coefficient (Wildman–Crippen LogP) is 30.3. The van der Waals surface area contributed by atoms with Gasteiger partial charge < -0.3 is 18.8 Å². The molecular formula is C112H112Cl2N9O3Pt2-. The summed E-state index contributed by atoms with van der Waals surface area (Å²) in [6.45, 7) is 39.3. The van der Waals surface area contributed by atoms with Gasteiger partial charge in [-0.3, -0.25) is 16.0 Å². The van der Waals surface area contributed by atoms with Gasteiger partial charge in [0.2, 0.25) is 0 Å². The molecule has 0 bridgehead atoms. The molecule has 17 rings (SSSR count). The molecule has 0 atom stereocenters. The van der Waals surface area contributed by atoms with Crippen molar-refractivity contribution < 1.29 is 61.4 Å². The first kappa shape index (κ1) is 85.9. The summed E-state index contributed by atoms with van der Waals surface area (Å²) in [6, 6.07) is 88.5. The van der Waals surface area contributed by atoms with Crippen molar-refractivity contribution in [2.24, 2.45) is 0 Å². The van der Waals surface area contributed by atoms with Gasteiger partial charge in [-0.25, -0.2) is 14.6 Å². The molecule has 0 N–H and O–H groups in total. The average molecular weight is 2100 g/mol. The van der Waals surface area contributed by atoms with E-state index in [9.17, 15) is 0 Å². The number of hydrogen-bond donors (Lipinski definition) is 0. The van der Waals surface area contributed by atoms with E-state index in [-0.39, 0.29) is 53.6 Å². The number of aryl methyl sites for hydroxylation is 4. The third-order valence-corrected chi connectivity index (χ3v) is 22.8. The van der Waals surface area contributed by atoms with Crippen LogP contribution in [0.4, 0.5) is 0 Å². The molecule has 0 radical (unpaired) electrons. The molecule has 12 nitrogen and oxygen atoms in total. The standard InChI is InChI=1S/C52H54N4O.C52H52N4O.C7H5N.CHO.2ClH.2Pt/c2*1-33-24-39(51(6,7)8)25-34(2)49(33)36-22-23-53-48(26-36)56-46-15-13-12-14-44(46)45-21-20-42(30-47(45)56)57-43-28-40(52(9,10)11)27-41(29-43)55-32-37(31-54-55)35-16-18-38(19-17-35)50(3,4)5;8-6-7-4-2-1-3-5-7;1-2;;;;/h12-32H,1-11H3;12-28,31-32H,1-11H3;1-5H;1H;2*1H;;/q;-2;;-1;;;2*+2/p-2/i2*1D3;;1D;;;;. The fourth-order valence-electron chi connectivity index (χ4n) is 15.7. The van der Waals surface area contributed by atoms with Crippen molar-refractivity contribution in [3.63, 3.8) is 0 Å². The van der Waals surface area contributed by atoms with E-state index in [4.69, 9.17) is 68.1 Å². The largest absolute Gasteiger partial charge is 2.00 e. The summed E-state index contributed by atoms with van der Waals surface area (Å²) in [5, 5.41) is 22.0. The number of rotatable bonds is 12. The maximum Gasteiger partial charge on any atom is 2.00 e. The summed E-state index contributed by atoms with van der Waals surface area (Å²) < 4.78 is 78.1. The van der Waals surface area contributed by atoms with Gasteiger partial charge in [-0.05, 0) is 227 Å². The molecule has 17 aromatic rings. The number of nitriles is 1. The molecule has 0 saturated heterocycles. The minimum Gasteiger partial charge on any atom is 2.00 e. The molecule has 0 unspecified atom stereocenters. The third kappa shape index (κ3) is 21.7. The van der Waals surface area contributed by atoms with Crippen molar-refractivity contribution in [1.29, 1.82) is 5.26 Å². The molecule has 0 fully saturated rings. The summed E-state index contributed by atoms with van der Waals surface area (Å²) in [5.41, 5.74) is 22.0. The number of halogens is 2. The Kier molecular flexibility index (Phi) is 26.3. The summed E-state index contributed by atoms with van der Waals surface area (Å²) >= 11 is -0.472. The summed E-state index contributed by atoms with van der Waals surface area (Å²) in [7, 11) is 9.75. The van der Waals surface area contributed by atoms with E-state index in [0.717, 1.165) is 129 Å². The fraction of sp³-hybridized carbons (Fsp3) is 0.250. The van der Waals surface area contributed by atoms with Gasteiger partial charge in [0.1, 0.15) is 23.1 Å². The van der Waals surface area contributed by atoms with E-state index in [1.165, 1.54) is 11.1 Å². The Morgan fingerprint density at radius 2 is 0.852 bits per heavy atom. The molecule has 0 aliphatic heterocycles. The van der Waals surface area contributed by atoms with E-state index >= 15 is 0 Å². The Morgan fingerprint density at radius 1 is 0.414 bits per heavy atom. The van der Waals surface area contributed by atoms with Crippen molar-refractivity contribution >= 4 is 69.2 Å². The molecule has 11 aromatic carbocycles. The maximum absolute atomic E-state index is 8.55. The number of aromatic nitrogens is 8. The molecule has 128 heavy (non-hydrogen) atoms. The molecule has 0 spiro atoms. The number of fused-ring (bicyclic) bond motifs is 6. The quantitative estimate of drug-likeness (QED) is 0.0873. The Labute approximate surface area is 796 Å². The van der Waals surface area contributed by atoms with Gasteiger partial charge >= 0.3 is 56.4 Å².